The quantitative estimate of drug-likeness (QED) is 0.827. The second-order valence-corrected chi connectivity index (χ2v) is 5.98. The summed E-state index contributed by atoms with van der Waals surface area (Å²) in [6, 6.07) is 0.652. The Morgan fingerprint density at radius 3 is 2.73 bits per heavy atom. The Morgan fingerprint density at radius 2 is 2.13 bits per heavy atom. The molecule has 2 unspecified atom stereocenters. The van der Waals surface area contributed by atoms with Crippen LogP contribution in [0, 0.1) is 19.8 Å². The molecule has 1 N–H and O–H groups in total. The van der Waals surface area contributed by atoms with Crippen molar-refractivity contribution >= 4 is 16.5 Å². The molecule has 2 nitrogen and oxygen atoms in total. The normalized spacial score (nSPS) is 26.6. The highest BCUT2D eigenvalue weighted by Crippen LogP contribution is 2.28. The Labute approximate surface area is 96.1 Å². The molecular weight excluding hydrogens is 204 g/mol. The summed E-state index contributed by atoms with van der Waals surface area (Å²) in [5.41, 5.74) is 1.17. The van der Waals surface area contributed by atoms with Gasteiger partial charge in [0.15, 0.2) is 5.13 Å². The first-order valence-corrected chi connectivity index (χ1v) is 6.67. The van der Waals surface area contributed by atoms with Crippen LogP contribution in [0.25, 0.3) is 0 Å². The Bertz CT molecular complexity index is 313. The number of hydrogen-bond acceptors (Lipinski definition) is 3. The molecule has 0 saturated heterocycles. The zero-order chi connectivity index (χ0) is 10.8. The minimum Gasteiger partial charge on any atom is -0.359 e. The summed E-state index contributed by atoms with van der Waals surface area (Å²) in [4.78, 5) is 5.87. The van der Waals surface area contributed by atoms with E-state index >= 15 is 0 Å². The lowest BCUT2D eigenvalue weighted by atomic mass is 9.87. The van der Waals surface area contributed by atoms with Crippen LogP contribution < -0.4 is 5.32 Å². The van der Waals surface area contributed by atoms with Crippen molar-refractivity contribution < 1.29 is 0 Å². The van der Waals surface area contributed by atoms with E-state index in [1.807, 2.05) is 0 Å². The third-order valence-corrected chi connectivity index (χ3v) is 4.30. The van der Waals surface area contributed by atoms with Gasteiger partial charge in [0.2, 0.25) is 0 Å². The Hall–Kier alpha value is -0.570. The van der Waals surface area contributed by atoms with E-state index in [-0.39, 0.29) is 0 Å². The van der Waals surface area contributed by atoms with Crippen molar-refractivity contribution in [2.75, 3.05) is 5.32 Å². The predicted molar refractivity (Wildman–Crippen MR) is 66.6 cm³/mol. The average molecular weight is 224 g/mol. The fraction of sp³-hybridized carbons (Fsp3) is 0.750. The fourth-order valence-electron chi connectivity index (χ4n) is 2.27. The number of nitrogens with one attached hydrogen (secondary N) is 1. The molecule has 0 aliphatic heterocycles. The molecule has 0 bridgehead atoms. The van der Waals surface area contributed by atoms with Crippen molar-refractivity contribution in [2.45, 2.75) is 52.5 Å². The largest absolute Gasteiger partial charge is 0.359 e. The number of hydrogen-bond donors (Lipinski definition) is 1. The van der Waals surface area contributed by atoms with E-state index in [2.05, 4.69) is 31.1 Å². The van der Waals surface area contributed by atoms with Gasteiger partial charge in [0.25, 0.3) is 0 Å². The van der Waals surface area contributed by atoms with E-state index in [9.17, 15) is 0 Å². The lowest BCUT2D eigenvalue weighted by molar-refractivity contribution is 0.358. The van der Waals surface area contributed by atoms with Gasteiger partial charge in [0.05, 0.1) is 5.69 Å². The van der Waals surface area contributed by atoms with E-state index in [1.165, 1.54) is 36.3 Å². The second kappa shape index (κ2) is 4.52. The number of aromatic nitrogens is 1. The SMILES string of the molecule is Cc1nc(NC2CCCC(C)C2)sc1C. The van der Waals surface area contributed by atoms with E-state index in [4.69, 9.17) is 0 Å². The molecule has 0 radical (unpaired) electrons. The predicted octanol–water partition coefficient (Wildman–Crippen LogP) is 3.75. The van der Waals surface area contributed by atoms with Gasteiger partial charge in [0, 0.05) is 10.9 Å². The summed E-state index contributed by atoms with van der Waals surface area (Å²) in [5.74, 6) is 0.874. The van der Waals surface area contributed by atoms with Crippen molar-refractivity contribution in [1.82, 2.24) is 4.98 Å². The summed E-state index contributed by atoms with van der Waals surface area (Å²) in [6.07, 6.45) is 5.37. The maximum Gasteiger partial charge on any atom is 0.183 e. The molecule has 0 aromatic carbocycles. The Kier molecular flexibility index (Phi) is 3.29. The molecule has 1 aliphatic carbocycles. The summed E-state index contributed by atoms with van der Waals surface area (Å²) in [6.45, 7) is 6.58. The first-order chi connectivity index (χ1) is 7.15. The smallest absolute Gasteiger partial charge is 0.183 e. The van der Waals surface area contributed by atoms with Gasteiger partial charge >= 0.3 is 0 Å². The van der Waals surface area contributed by atoms with E-state index in [1.54, 1.807) is 11.3 Å². The molecule has 0 spiro atoms. The van der Waals surface area contributed by atoms with Crippen LogP contribution in [-0.4, -0.2) is 11.0 Å². The molecule has 1 fully saturated rings. The minimum absolute atomic E-state index is 0.652. The monoisotopic (exact) mass is 224 g/mol. The number of rotatable bonds is 2. The van der Waals surface area contributed by atoms with Crippen molar-refractivity contribution in [2.24, 2.45) is 5.92 Å². The first-order valence-electron chi connectivity index (χ1n) is 5.85. The molecule has 15 heavy (non-hydrogen) atoms. The van der Waals surface area contributed by atoms with Crippen molar-refractivity contribution in [3.8, 4) is 0 Å². The maximum absolute atomic E-state index is 4.54. The van der Waals surface area contributed by atoms with Crippen LogP contribution in [0.2, 0.25) is 0 Å². The first kappa shape index (κ1) is 10.9. The molecule has 1 saturated carbocycles. The van der Waals surface area contributed by atoms with Crippen molar-refractivity contribution in [3.05, 3.63) is 10.6 Å². The van der Waals surface area contributed by atoms with Crippen LogP contribution in [0.4, 0.5) is 5.13 Å². The van der Waals surface area contributed by atoms with Gasteiger partial charge in [-0.2, -0.15) is 0 Å². The molecule has 84 valence electrons. The number of aryl methyl sites for hydroxylation is 2. The van der Waals surface area contributed by atoms with E-state index in [0.29, 0.717) is 6.04 Å². The number of anilines is 1. The molecular formula is C12H20N2S. The van der Waals surface area contributed by atoms with Gasteiger partial charge in [-0.05, 0) is 32.6 Å². The molecule has 2 atom stereocenters. The van der Waals surface area contributed by atoms with Gasteiger partial charge in [-0.3, -0.25) is 0 Å². The Balaban J connectivity index is 1.96. The molecule has 3 heteroatoms. The lowest BCUT2D eigenvalue weighted by Gasteiger charge is -2.27. The van der Waals surface area contributed by atoms with Crippen LogP contribution in [0.1, 0.15) is 43.2 Å². The number of thiazole rings is 1. The summed E-state index contributed by atoms with van der Waals surface area (Å²) < 4.78 is 0. The lowest BCUT2D eigenvalue weighted by Crippen LogP contribution is -2.26. The van der Waals surface area contributed by atoms with Gasteiger partial charge in [0.1, 0.15) is 0 Å². The highest BCUT2D eigenvalue weighted by molar-refractivity contribution is 7.15. The van der Waals surface area contributed by atoms with E-state index in [0.717, 1.165) is 11.0 Å². The Morgan fingerprint density at radius 1 is 1.33 bits per heavy atom. The molecule has 1 heterocycles. The molecule has 2 rings (SSSR count). The summed E-state index contributed by atoms with van der Waals surface area (Å²) in [5, 5.41) is 4.70. The van der Waals surface area contributed by atoms with Gasteiger partial charge in [-0.25, -0.2) is 4.98 Å². The van der Waals surface area contributed by atoms with Crippen LogP contribution >= 0.6 is 11.3 Å². The average Bonchev–Trinajstić information content (AvgIpc) is 2.45. The second-order valence-electron chi connectivity index (χ2n) is 4.77. The topological polar surface area (TPSA) is 24.9 Å². The van der Waals surface area contributed by atoms with Crippen LogP contribution in [0.5, 0.6) is 0 Å². The highest BCUT2D eigenvalue weighted by atomic mass is 32.1. The molecule has 0 amide bonds. The highest BCUT2D eigenvalue weighted by Gasteiger charge is 2.19. The standard InChI is InChI=1S/C12H20N2S/c1-8-5-4-6-11(7-8)14-12-13-9(2)10(3)15-12/h8,11H,4-7H2,1-3H3,(H,13,14). The third kappa shape index (κ3) is 2.71. The van der Waals surface area contributed by atoms with Gasteiger partial charge < -0.3 is 5.32 Å². The summed E-state index contributed by atoms with van der Waals surface area (Å²) in [7, 11) is 0. The van der Waals surface area contributed by atoms with Gasteiger partial charge in [-0.15, -0.1) is 11.3 Å². The zero-order valence-electron chi connectivity index (χ0n) is 9.84. The van der Waals surface area contributed by atoms with Crippen LogP contribution in [0.15, 0.2) is 0 Å². The van der Waals surface area contributed by atoms with Crippen LogP contribution in [0.3, 0.4) is 0 Å². The van der Waals surface area contributed by atoms with E-state index < -0.39 is 0 Å². The molecule has 1 aromatic rings. The van der Waals surface area contributed by atoms with Gasteiger partial charge in [-0.1, -0.05) is 19.8 Å². The zero-order valence-corrected chi connectivity index (χ0v) is 10.7. The molecule has 1 aromatic heterocycles. The maximum atomic E-state index is 4.54. The number of nitrogens with zero attached hydrogens (tertiary/aromatic N) is 1. The van der Waals surface area contributed by atoms with Crippen molar-refractivity contribution in [1.29, 1.82) is 0 Å². The summed E-state index contributed by atoms with van der Waals surface area (Å²) >= 11 is 1.79. The third-order valence-electron chi connectivity index (χ3n) is 3.29. The molecule has 1 aliphatic rings. The van der Waals surface area contributed by atoms with Crippen molar-refractivity contribution in [3.63, 3.8) is 0 Å². The minimum atomic E-state index is 0.652. The fourth-order valence-corrected chi connectivity index (χ4v) is 3.17. The van der Waals surface area contributed by atoms with Crippen LogP contribution in [-0.2, 0) is 0 Å².